The van der Waals surface area contributed by atoms with Gasteiger partial charge in [0.1, 0.15) is 0 Å². The first-order chi connectivity index (χ1) is 7.72. The van der Waals surface area contributed by atoms with Crippen LogP contribution in [0.4, 0.5) is 0 Å². The van der Waals surface area contributed by atoms with Gasteiger partial charge >= 0.3 is 0 Å². The van der Waals surface area contributed by atoms with Gasteiger partial charge in [0.25, 0.3) is 0 Å². The van der Waals surface area contributed by atoms with Crippen LogP contribution in [0.15, 0.2) is 0 Å². The number of nitrogens with one attached hydrogen (secondary N) is 1. The quantitative estimate of drug-likeness (QED) is 0.784. The van der Waals surface area contributed by atoms with E-state index in [1.165, 1.54) is 12.8 Å². The molecule has 1 N–H and O–H groups in total. The first-order valence-corrected chi connectivity index (χ1v) is 6.72. The van der Waals surface area contributed by atoms with Crippen molar-refractivity contribution in [2.45, 2.75) is 33.1 Å². The van der Waals surface area contributed by atoms with Gasteiger partial charge in [0.2, 0.25) is 5.91 Å². The summed E-state index contributed by atoms with van der Waals surface area (Å²) in [5, 5.41) is 3.42. The van der Waals surface area contributed by atoms with Crippen LogP contribution in [0.3, 0.4) is 0 Å². The number of carbonyl (C=O) groups excluding carboxylic acids is 1. The maximum absolute atomic E-state index is 12.1. The SMILES string of the molecule is CCN(CC1CCCNC1)C(=O)C1CC1C. The van der Waals surface area contributed by atoms with Crippen LogP contribution in [0.25, 0.3) is 0 Å². The average molecular weight is 224 g/mol. The molecule has 0 aromatic carbocycles. The maximum Gasteiger partial charge on any atom is 0.225 e. The van der Waals surface area contributed by atoms with Crippen LogP contribution in [0, 0.1) is 17.8 Å². The lowest BCUT2D eigenvalue weighted by molar-refractivity contribution is -0.133. The summed E-state index contributed by atoms with van der Waals surface area (Å²) in [6.07, 6.45) is 3.64. The predicted octanol–water partition coefficient (Wildman–Crippen LogP) is 1.49. The normalized spacial score (nSPS) is 33.5. The Labute approximate surface area is 98.6 Å². The Kier molecular flexibility index (Phi) is 3.85. The van der Waals surface area contributed by atoms with Gasteiger partial charge in [-0.2, -0.15) is 0 Å². The Morgan fingerprint density at radius 1 is 1.50 bits per heavy atom. The lowest BCUT2D eigenvalue weighted by Crippen LogP contribution is -2.41. The molecule has 1 heterocycles. The first-order valence-electron chi connectivity index (χ1n) is 6.72. The van der Waals surface area contributed by atoms with E-state index in [0.29, 0.717) is 23.7 Å². The van der Waals surface area contributed by atoms with Crippen LogP contribution >= 0.6 is 0 Å². The van der Waals surface area contributed by atoms with Crippen molar-refractivity contribution in [3.8, 4) is 0 Å². The molecule has 1 amide bonds. The van der Waals surface area contributed by atoms with Crippen molar-refractivity contribution >= 4 is 5.91 Å². The number of carbonyl (C=O) groups is 1. The van der Waals surface area contributed by atoms with Gasteiger partial charge in [0.15, 0.2) is 0 Å². The summed E-state index contributed by atoms with van der Waals surface area (Å²) in [6.45, 7) is 8.35. The summed E-state index contributed by atoms with van der Waals surface area (Å²) in [4.78, 5) is 14.2. The highest BCUT2D eigenvalue weighted by Gasteiger charge is 2.41. The molecule has 2 fully saturated rings. The second-order valence-electron chi connectivity index (χ2n) is 5.41. The summed E-state index contributed by atoms with van der Waals surface area (Å²) >= 11 is 0. The van der Waals surface area contributed by atoms with E-state index in [2.05, 4.69) is 24.1 Å². The summed E-state index contributed by atoms with van der Waals surface area (Å²) in [5.74, 6) is 2.05. The Hall–Kier alpha value is -0.570. The third-order valence-corrected chi connectivity index (χ3v) is 4.00. The second-order valence-corrected chi connectivity index (χ2v) is 5.41. The lowest BCUT2D eigenvalue weighted by Gasteiger charge is -2.29. The first kappa shape index (κ1) is 11.9. The minimum Gasteiger partial charge on any atom is -0.342 e. The Morgan fingerprint density at radius 2 is 2.25 bits per heavy atom. The molecule has 92 valence electrons. The molecule has 0 aromatic rings. The number of nitrogens with zero attached hydrogens (tertiary/aromatic N) is 1. The molecule has 3 atom stereocenters. The van der Waals surface area contributed by atoms with Crippen molar-refractivity contribution in [1.82, 2.24) is 10.2 Å². The van der Waals surface area contributed by atoms with Gasteiger partial charge in [0.05, 0.1) is 0 Å². The van der Waals surface area contributed by atoms with Crippen LogP contribution in [0.2, 0.25) is 0 Å². The van der Waals surface area contributed by atoms with Gasteiger partial charge < -0.3 is 10.2 Å². The van der Waals surface area contributed by atoms with Gasteiger partial charge in [-0.3, -0.25) is 4.79 Å². The van der Waals surface area contributed by atoms with Gasteiger partial charge in [-0.05, 0) is 51.1 Å². The highest BCUT2D eigenvalue weighted by Crippen LogP contribution is 2.39. The fraction of sp³-hybridized carbons (Fsp3) is 0.923. The molecular formula is C13H24N2O. The summed E-state index contributed by atoms with van der Waals surface area (Å²) < 4.78 is 0. The molecule has 1 saturated carbocycles. The molecule has 3 heteroatoms. The van der Waals surface area contributed by atoms with Gasteiger partial charge in [-0.15, -0.1) is 0 Å². The van der Waals surface area contributed by atoms with Crippen molar-refractivity contribution in [2.24, 2.45) is 17.8 Å². The Balaban J connectivity index is 1.82. The maximum atomic E-state index is 12.1. The van der Waals surface area contributed by atoms with E-state index in [0.717, 1.165) is 32.6 Å². The molecule has 2 rings (SSSR count). The highest BCUT2D eigenvalue weighted by molar-refractivity contribution is 5.81. The smallest absolute Gasteiger partial charge is 0.225 e. The van der Waals surface area contributed by atoms with E-state index in [4.69, 9.17) is 0 Å². The molecule has 0 aromatic heterocycles. The second kappa shape index (κ2) is 5.17. The molecule has 0 bridgehead atoms. The van der Waals surface area contributed by atoms with Gasteiger partial charge in [-0.1, -0.05) is 6.92 Å². The number of amides is 1. The minimum atomic E-state index is 0.344. The zero-order chi connectivity index (χ0) is 11.5. The van der Waals surface area contributed by atoms with Crippen molar-refractivity contribution in [3.63, 3.8) is 0 Å². The fourth-order valence-corrected chi connectivity index (χ4v) is 2.67. The van der Waals surface area contributed by atoms with Crippen LogP contribution < -0.4 is 5.32 Å². The zero-order valence-electron chi connectivity index (χ0n) is 10.5. The van der Waals surface area contributed by atoms with E-state index in [-0.39, 0.29) is 0 Å². The third-order valence-electron chi connectivity index (χ3n) is 4.00. The minimum absolute atomic E-state index is 0.344. The molecule has 1 aliphatic heterocycles. The molecule has 3 unspecified atom stereocenters. The topological polar surface area (TPSA) is 32.3 Å². The lowest BCUT2D eigenvalue weighted by atomic mass is 9.99. The molecular weight excluding hydrogens is 200 g/mol. The molecule has 16 heavy (non-hydrogen) atoms. The van der Waals surface area contributed by atoms with Crippen molar-refractivity contribution < 1.29 is 4.79 Å². The molecule has 0 radical (unpaired) electrons. The standard InChI is InChI=1S/C13H24N2O/c1-3-15(13(16)12-7-10(12)2)9-11-5-4-6-14-8-11/h10-12,14H,3-9H2,1-2H3. The summed E-state index contributed by atoms with van der Waals surface area (Å²) in [5.41, 5.74) is 0. The number of rotatable bonds is 4. The van der Waals surface area contributed by atoms with Gasteiger partial charge in [-0.25, -0.2) is 0 Å². The van der Waals surface area contributed by atoms with Crippen LogP contribution in [-0.4, -0.2) is 37.0 Å². The molecule has 3 nitrogen and oxygen atoms in total. The number of piperidine rings is 1. The third kappa shape index (κ3) is 2.76. The predicted molar refractivity (Wildman–Crippen MR) is 65.1 cm³/mol. The monoisotopic (exact) mass is 224 g/mol. The van der Waals surface area contributed by atoms with Gasteiger partial charge in [0, 0.05) is 19.0 Å². The summed E-state index contributed by atoms with van der Waals surface area (Å²) in [6, 6.07) is 0. The average Bonchev–Trinajstić information content (AvgIpc) is 3.04. The Morgan fingerprint density at radius 3 is 2.75 bits per heavy atom. The van der Waals surface area contributed by atoms with E-state index in [1.807, 2.05) is 0 Å². The van der Waals surface area contributed by atoms with E-state index in [9.17, 15) is 4.79 Å². The number of hydrogen-bond donors (Lipinski definition) is 1. The fourth-order valence-electron chi connectivity index (χ4n) is 2.67. The van der Waals surface area contributed by atoms with Crippen molar-refractivity contribution in [3.05, 3.63) is 0 Å². The molecule has 2 aliphatic rings. The molecule has 1 aliphatic carbocycles. The molecule has 1 saturated heterocycles. The molecule has 0 spiro atoms. The van der Waals surface area contributed by atoms with Crippen LogP contribution in [0.1, 0.15) is 33.1 Å². The van der Waals surface area contributed by atoms with Crippen LogP contribution in [0.5, 0.6) is 0 Å². The zero-order valence-corrected chi connectivity index (χ0v) is 10.5. The number of hydrogen-bond acceptors (Lipinski definition) is 2. The largest absolute Gasteiger partial charge is 0.342 e. The Bertz CT molecular complexity index is 248. The van der Waals surface area contributed by atoms with Crippen LogP contribution in [-0.2, 0) is 4.79 Å². The van der Waals surface area contributed by atoms with E-state index in [1.54, 1.807) is 0 Å². The van der Waals surface area contributed by atoms with E-state index < -0.39 is 0 Å². The van der Waals surface area contributed by atoms with Crippen molar-refractivity contribution in [1.29, 1.82) is 0 Å². The van der Waals surface area contributed by atoms with E-state index >= 15 is 0 Å². The highest BCUT2D eigenvalue weighted by atomic mass is 16.2. The van der Waals surface area contributed by atoms with Crippen molar-refractivity contribution in [2.75, 3.05) is 26.2 Å². The summed E-state index contributed by atoms with van der Waals surface area (Å²) in [7, 11) is 0.